The minimum Gasteiger partial charge on any atom is -0.465 e. The van der Waals surface area contributed by atoms with Crippen molar-refractivity contribution in [2.75, 3.05) is 26.3 Å². The maximum Gasteiger partial charge on any atom is 0.311 e. The highest BCUT2D eigenvalue weighted by Crippen LogP contribution is 2.72. The Morgan fingerprint density at radius 3 is 2.56 bits per heavy atom. The van der Waals surface area contributed by atoms with Crippen molar-refractivity contribution in [3.05, 3.63) is 25.3 Å². The molecule has 0 aliphatic carbocycles. The average molecular weight is 563 g/mol. The number of aliphatic hydroxyl groups excluding tert-OH is 1. The molecule has 3 aliphatic rings. The van der Waals surface area contributed by atoms with Gasteiger partial charge in [0.2, 0.25) is 11.8 Å². The van der Waals surface area contributed by atoms with Crippen molar-refractivity contribution in [2.24, 2.45) is 17.8 Å². The standard InChI is InChI=1S/C31H50N2O5S/c1-7-11-13-15-20-38-29(37)25-24-27(35)33(23(21-34)22(5)10-4)26(31(24)17-16-30(25,6)39-31)28(36)32(18-9-3)19-14-12-8-2/h7,9,22-26,34H,1,3,8,10-21H2,2,4-6H3/t22-,23-,24-,25+,26?,30-,31?/m0/s1. The van der Waals surface area contributed by atoms with Crippen molar-refractivity contribution < 1.29 is 24.2 Å². The molecule has 3 fully saturated rings. The van der Waals surface area contributed by atoms with Crippen LogP contribution in [0, 0.1) is 17.8 Å². The molecule has 3 aliphatic heterocycles. The summed E-state index contributed by atoms with van der Waals surface area (Å²) in [4.78, 5) is 46.0. The van der Waals surface area contributed by atoms with E-state index in [0.29, 0.717) is 26.1 Å². The molecule has 220 valence electrons. The smallest absolute Gasteiger partial charge is 0.311 e. The van der Waals surface area contributed by atoms with Crippen LogP contribution in [0.1, 0.15) is 85.5 Å². The number of esters is 1. The molecule has 2 amide bonds. The van der Waals surface area contributed by atoms with E-state index in [1.807, 2.05) is 24.8 Å². The minimum absolute atomic E-state index is 0.00507. The first-order valence-corrected chi connectivity index (χ1v) is 15.8. The summed E-state index contributed by atoms with van der Waals surface area (Å²) < 4.78 is 4.60. The fraction of sp³-hybridized carbons (Fsp3) is 0.774. The minimum atomic E-state index is -0.722. The molecule has 7 nitrogen and oxygen atoms in total. The van der Waals surface area contributed by atoms with Crippen molar-refractivity contribution >= 4 is 29.5 Å². The van der Waals surface area contributed by atoms with E-state index in [1.165, 1.54) is 0 Å². The van der Waals surface area contributed by atoms with E-state index < -0.39 is 33.4 Å². The van der Waals surface area contributed by atoms with Crippen LogP contribution in [-0.4, -0.2) is 80.6 Å². The molecule has 7 atom stereocenters. The topological polar surface area (TPSA) is 87.1 Å². The summed E-state index contributed by atoms with van der Waals surface area (Å²) >= 11 is 1.66. The number of hydrogen-bond acceptors (Lipinski definition) is 6. The van der Waals surface area contributed by atoms with Crippen LogP contribution in [0.3, 0.4) is 0 Å². The molecule has 8 heteroatoms. The van der Waals surface area contributed by atoms with E-state index in [0.717, 1.165) is 51.4 Å². The molecule has 2 bridgehead atoms. The third-order valence-electron chi connectivity index (χ3n) is 9.29. The number of rotatable bonds is 17. The van der Waals surface area contributed by atoms with E-state index in [9.17, 15) is 19.5 Å². The second kappa shape index (κ2) is 13.7. The first kappa shape index (κ1) is 31.7. The van der Waals surface area contributed by atoms with Gasteiger partial charge >= 0.3 is 5.97 Å². The fourth-order valence-corrected chi connectivity index (χ4v) is 9.32. The van der Waals surface area contributed by atoms with E-state index in [1.54, 1.807) is 22.7 Å². The number of unbranched alkanes of at least 4 members (excludes halogenated alkanes) is 4. The number of fused-ring (bicyclic) bond motifs is 1. The predicted molar refractivity (Wildman–Crippen MR) is 157 cm³/mol. The molecule has 0 saturated carbocycles. The first-order chi connectivity index (χ1) is 18.7. The average Bonchev–Trinajstić information content (AvgIpc) is 3.49. The monoisotopic (exact) mass is 562 g/mol. The predicted octanol–water partition coefficient (Wildman–Crippen LogP) is 4.98. The van der Waals surface area contributed by atoms with Crippen LogP contribution in [-0.2, 0) is 19.1 Å². The van der Waals surface area contributed by atoms with Gasteiger partial charge in [0.15, 0.2) is 0 Å². The quantitative estimate of drug-likeness (QED) is 0.153. The second-order valence-corrected chi connectivity index (χ2v) is 13.7. The molecule has 3 saturated heterocycles. The molecule has 3 rings (SSSR count). The molecule has 0 aromatic heterocycles. The molecule has 39 heavy (non-hydrogen) atoms. The maximum absolute atomic E-state index is 14.5. The Balaban J connectivity index is 2.01. The van der Waals surface area contributed by atoms with Gasteiger partial charge in [-0.15, -0.1) is 24.9 Å². The highest BCUT2D eigenvalue weighted by Gasteiger charge is 2.78. The van der Waals surface area contributed by atoms with Gasteiger partial charge in [-0.2, -0.15) is 0 Å². The molecule has 1 spiro atoms. The zero-order valence-electron chi connectivity index (χ0n) is 24.5. The molecule has 2 unspecified atom stereocenters. The van der Waals surface area contributed by atoms with Crippen molar-refractivity contribution in [3.8, 4) is 0 Å². The Morgan fingerprint density at radius 1 is 1.21 bits per heavy atom. The lowest BCUT2D eigenvalue weighted by molar-refractivity contribution is -0.156. The Kier molecular flexibility index (Phi) is 11.2. The van der Waals surface area contributed by atoms with E-state index in [-0.39, 0.29) is 30.3 Å². The lowest BCUT2D eigenvalue weighted by Gasteiger charge is -2.41. The van der Waals surface area contributed by atoms with Crippen LogP contribution >= 0.6 is 11.8 Å². The summed E-state index contributed by atoms with van der Waals surface area (Å²) in [5.74, 6) is -1.82. The Bertz CT molecular complexity index is 911. The summed E-state index contributed by atoms with van der Waals surface area (Å²) in [6, 6.07) is -1.21. The van der Waals surface area contributed by atoms with Crippen LogP contribution in [0.2, 0.25) is 0 Å². The van der Waals surface area contributed by atoms with Gasteiger partial charge in [-0.1, -0.05) is 52.2 Å². The number of amides is 2. The number of likely N-dealkylation sites (tertiary alicyclic amines) is 1. The summed E-state index contributed by atoms with van der Waals surface area (Å²) in [5, 5.41) is 10.5. The largest absolute Gasteiger partial charge is 0.465 e. The zero-order chi connectivity index (χ0) is 28.8. The van der Waals surface area contributed by atoms with Crippen LogP contribution < -0.4 is 0 Å². The van der Waals surface area contributed by atoms with Gasteiger partial charge in [-0.05, 0) is 51.4 Å². The van der Waals surface area contributed by atoms with Gasteiger partial charge in [0.25, 0.3) is 0 Å². The van der Waals surface area contributed by atoms with Gasteiger partial charge in [0, 0.05) is 17.8 Å². The SMILES string of the molecule is C=CCCCCOC(=O)[C@H]1[C@H]2C(=O)N([C@@H](CO)[C@@H](C)CC)C(C(=O)N(CC=C)CCCCC)C23CC[C@]1(C)S3. The van der Waals surface area contributed by atoms with Gasteiger partial charge in [-0.3, -0.25) is 14.4 Å². The third kappa shape index (κ3) is 5.97. The fourth-order valence-electron chi connectivity index (χ4n) is 7.00. The lowest BCUT2D eigenvalue weighted by Crippen LogP contribution is -2.58. The number of thioether (sulfide) groups is 1. The van der Waals surface area contributed by atoms with E-state index in [4.69, 9.17) is 4.74 Å². The normalized spacial score (nSPS) is 30.6. The van der Waals surface area contributed by atoms with Crippen molar-refractivity contribution in [1.82, 2.24) is 9.80 Å². The Morgan fingerprint density at radius 2 is 1.95 bits per heavy atom. The zero-order valence-corrected chi connectivity index (χ0v) is 25.3. The summed E-state index contributed by atoms with van der Waals surface area (Å²) in [6.07, 6.45) is 11.3. The number of carbonyl (C=O) groups is 3. The number of nitrogens with zero attached hydrogens (tertiary/aromatic N) is 2. The molecule has 3 heterocycles. The number of allylic oxidation sites excluding steroid dienone is 1. The number of aliphatic hydroxyl groups is 1. The molecule has 0 aromatic carbocycles. The van der Waals surface area contributed by atoms with Crippen LogP contribution in [0.15, 0.2) is 25.3 Å². The molecule has 0 radical (unpaired) electrons. The summed E-state index contributed by atoms with van der Waals surface area (Å²) in [5.41, 5.74) is 0. The molecular formula is C31H50N2O5S. The number of ether oxygens (including phenoxy) is 1. The van der Waals surface area contributed by atoms with Gasteiger partial charge < -0.3 is 19.6 Å². The molecular weight excluding hydrogens is 512 g/mol. The highest BCUT2D eigenvalue weighted by atomic mass is 32.2. The Labute approximate surface area is 239 Å². The van der Waals surface area contributed by atoms with E-state index in [2.05, 4.69) is 27.0 Å². The summed E-state index contributed by atoms with van der Waals surface area (Å²) in [6.45, 7) is 17.0. The van der Waals surface area contributed by atoms with Crippen molar-refractivity contribution in [3.63, 3.8) is 0 Å². The third-order valence-corrected chi connectivity index (χ3v) is 11.3. The second-order valence-electron chi connectivity index (χ2n) is 11.8. The van der Waals surface area contributed by atoms with Crippen molar-refractivity contribution in [1.29, 1.82) is 0 Å². The van der Waals surface area contributed by atoms with Crippen molar-refractivity contribution in [2.45, 2.75) is 107 Å². The van der Waals surface area contributed by atoms with Gasteiger partial charge in [0.1, 0.15) is 6.04 Å². The maximum atomic E-state index is 14.5. The Hall–Kier alpha value is -1.80. The first-order valence-electron chi connectivity index (χ1n) is 15.0. The van der Waals surface area contributed by atoms with Gasteiger partial charge in [-0.25, -0.2) is 0 Å². The van der Waals surface area contributed by atoms with Crippen LogP contribution in [0.25, 0.3) is 0 Å². The van der Waals surface area contributed by atoms with Gasteiger partial charge in [0.05, 0.1) is 35.8 Å². The summed E-state index contributed by atoms with van der Waals surface area (Å²) in [7, 11) is 0. The van der Waals surface area contributed by atoms with Crippen LogP contribution in [0.4, 0.5) is 0 Å². The van der Waals surface area contributed by atoms with E-state index >= 15 is 0 Å². The number of hydrogen-bond donors (Lipinski definition) is 1. The number of carbonyl (C=O) groups excluding carboxylic acids is 3. The molecule has 0 aromatic rings. The highest BCUT2D eigenvalue weighted by molar-refractivity contribution is 8.02. The lowest BCUT2D eigenvalue weighted by atomic mass is 9.66. The van der Waals surface area contributed by atoms with Crippen LogP contribution in [0.5, 0.6) is 0 Å². The molecule has 1 N–H and O–H groups in total.